The average Bonchev–Trinajstić information content (AvgIpc) is 3.24. The normalized spacial score (nSPS) is 16.8. The summed E-state index contributed by atoms with van der Waals surface area (Å²) >= 11 is 0. The van der Waals surface area contributed by atoms with E-state index in [1.807, 2.05) is 18.2 Å². The van der Waals surface area contributed by atoms with Gasteiger partial charge in [-0.3, -0.25) is 4.99 Å². The molecule has 1 fully saturated rings. The lowest BCUT2D eigenvalue weighted by molar-refractivity contribution is 0.394. The molecule has 0 radical (unpaired) electrons. The minimum Gasteiger partial charge on any atom is -0.497 e. The summed E-state index contributed by atoms with van der Waals surface area (Å²) < 4.78 is 33.5. The number of hydrogen-bond acceptors (Lipinski definition) is 6. The van der Waals surface area contributed by atoms with Gasteiger partial charge in [-0.1, -0.05) is 12.1 Å². The van der Waals surface area contributed by atoms with Crippen molar-refractivity contribution in [2.24, 2.45) is 10.1 Å². The van der Waals surface area contributed by atoms with Crippen LogP contribution >= 0.6 is 0 Å². The molecule has 0 aromatic heterocycles. The van der Waals surface area contributed by atoms with Crippen LogP contribution in [0.1, 0.15) is 12.0 Å². The molecule has 31 heavy (non-hydrogen) atoms. The van der Waals surface area contributed by atoms with Crippen LogP contribution in [0.25, 0.3) is 0 Å². The summed E-state index contributed by atoms with van der Waals surface area (Å²) in [5.74, 6) is 2.21. The van der Waals surface area contributed by atoms with Gasteiger partial charge in [-0.25, -0.2) is 13.6 Å². The van der Waals surface area contributed by atoms with Gasteiger partial charge in [-0.15, -0.1) is 0 Å². The number of hydrogen-bond donors (Lipinski definition) is 3. The van der Waals surface area contributed by atoms with Gasteiger partial charge in [-0.05, 0) is 24.1 Å². The zero-order valence-corrected chi connectivity index (χ0v) is 18.8. The quantitative estimate of drug-likeness (QED) is 0.432. The molecule has 0 bridgehead atoms. The van der Waals surface area contributed by atoms with Gasteiger partial charge in [0.25, 0.3) is 0 Å². The van der Waals surface area contributed by atoms with E-state index >= 15 is 0 Å². The summed E-state index contributed by atoms with van der Waals surface area (Å²) in [5, 5.41) is 11.8. The van der Waals surface area contributed by atoms with Crippen LogP contribution in [0.4, 0.5) is 5.69 Å². The zero-order chi connectivity index (χ0) is 22.4. The van der Waals surface area contributed by atoms with E-state index in [0.717, 1.165) is 42.3 Å². The van der Waals surface area contributed by atoms with E-state index in [-0.39, 0.29) is 10.9 Å². The summed E-state index contributed by atoms with van der Waals surface area (Å²) in [7, 11) is 1.32. The molecule has 1 aliphatic rings. The summed E-state index contributed by atoms with van der Waals surface area (Å²) in [5.41, 5.74) is 1.98. The number of primary sulfonamides is 1. The number of rotatable bonds is 7. The highest BCUT2D eigenvalue weighted by Gasteiger charge is 2.24. The molecule has 9 nitrogen and oxygen atoms in total. The lowest BCUT2D eigenvalue weighted by Crippen LogP contribution is -2.44. The number of guanidine groups is 1. The molecule has 10 heteroatoms. The van der Waals surface area contributed by atoms with Crippen LogP contribution in [0.2, 0.25) is 0 Å². The predicted molar refractivity (Wildman–Crippen MR) is 121 cm³/mol. The zero-order valence-electron chi connectivity index (χ0n) is 18.0. The van der Waals surface area contributed by atoms with E-state index in [4.69, 9.17) is 14.6 Å². The summed E-state index contributed by atoms with van der Waals surface area (Å²) in [6.45, 7) is 2.23. The average molecular weight is 448 g/mol. The van der Waals surface area contributed by atoms with E-state index in [2.05, 4.69) is 20.5 Å². The number of nitrogens with two attached hydrogens (primary N) is 1. The first kappa shape index (κ1) is 22.7. The molecular weight excluding hydrogens is 418 g/mol. The minimum absolute atomic E-state index is 0.0963. The Hall–Kier alpha value is -2.98. The number of ether oxygens (including phenoxy) is 2. The first-order chi connectivity index (χ1) is 14.8. The molecule has 3 rings (SSSR count). The molecule has 0 aliphatic carbocycles. The Morgan fingerprint density at radius 1 is 1.16 bits per heavy atom. The Balaban J connectivity index is 1.56. The second-order valence-electron chi connectivity index (χ2n) is 7.26. The van der Waals surface area contributed by atoms with E-state index in [1.54, 1.807) is 33.4 Å². The fourth-order valence-corrected chi connectivity index (χ4v) is 3.97. The maximum Gasteiger partial charge on any atom is 0.238 e. The molecule has 1 saturated heterocycles. The molecule has 4 N–H and O–H groups in total. The van der Waals surface area contributed by atoms with Gasteiger partial charge in [0.05, 0.1) is 19.1 Å². The highest BCUT2D eigenvalue weighted by Crippen LogP contribution is 2.30. The number of aliphatic imine (C=N–C) groups is 1. The molecule has 2 aromatic carbocycles. The molecule has 0 amide bonds. The van der Waals surface area contributed by atoms with Gasteiger partial charge in [-0.2, -0.15) is 0 Å². The lowest BCUT2D eigenvalue weighted by Gasteiger charge is -2.21. The van der Waals surface area contributed by atoms with Crippen molar-refractivity contribution in [2.45, 2.75) is 23.9 Å². The Labute approximate surface area is 183 Å². The SMILES string of the molecule is CN=C(NCc1ccc(S(N)(=O)=O)cc1)NC1CCN(c2cc(OC)cc(OC)c2)C1. The van der Waals surface area contributed by atoms with Crippen LogP contribution in [0.15, 0.2) is 52.4 Å². The van der Waals surface area contributed by atoms with Crippen LogP contribution in [-0.4, -0.2) is 54.8 Å². The monoisotopic (exact) mass is 447 g/mol. The fourth-order valence-electron chi connectivity index (χ4n) is 3.46. The van der Waals surface area contributed by atoms with Gasteiger partial charge in [0.2, 0.25) is 10.0 Å². The third-order valence-electron chi connectivity index (χ3n) is 5.17. The molecule has 1 heterocycles. The molecule has 1 unspecified atom stereocenters. The van der Waals surface area contributed by atoms with Crippen molar-refractivity contribution in [3.05, 3.63) is 48.0 Å². The van der Waals surface area contributed by atoms with Crippen molar-refractivity contribution in [3.63, 3.8) is 0 Å². The van der Waals surface area contributed by atoms with Crippen molar-refractivity contribution in [3.8, 4) is 11.5 Å². The van der Waals surface area contributed by atoms with Crippen LogP contribution < -0.4 is 30.1 Å². The number of nitrogens with one attached hydrogen (secondary N) is 2. The molecule has 1 atom stereocenters. The van der Waals surface area contributed by atoms with Gasteiger partial charge in [0, 0.05) is 56.6 Å². The predicted octanol–water partition coefficient (Wildman–Crippen LogP) is 1.30. The second-order valence-corrected chi connectivity index (χ2v) is 8.82. The highest BCUT2D eigenvalue weighted by atomic mass is 32.2. The van der Waals surface area contributed by atoms with Gasteiger partial charge < -0.3 is 25.0 Å². The third kappa shape index (κ3) is 6.02. The van der Waals surface area contributed by atoms with Crippen molar-refractivity contribution in [1.82, 2.24) is 10.6 Å². The van der Waals surface area contributed by atoms with Crippen molar-refractivity contribution >= 4 is 21.7 Å². The van der Waals surface area contributed by atoms with E-state index < -0.39 is 10.0 Å². The van der Waals surface area contributed by atoms with Crippen molar-refractivity contribution < 1.29 is 17.9 Å². The fraction of sp³-hybridized carbons (Fsp3) is 0.381. The largest absolute Gasteiger partial charge is 0.497 e. The smallest absolute Gasteiger partial charge is 0.238 e. The Morgan fingerprint density at radius 3 is 2.35 bits per heavy atom. The van der Waals surface area contributed by atoms with E-state index in [9.17, 15) is 8.42 Å². The summed E-state index contributed by atoms with van der Waals surface area (Å²) in [6, 6.07) is 12.6. The van der Waals surface area contributed by atoms with Crippen LogP contribution in [0, 0.1) is 0 Å². The first-order valence-electron chi connectivity index (χ1n) is 9.89. The molecule has 168 valence electrons. The molecule has 0 saturated carbocycles. The summed E-state index contributed by atoms with van der Waals surface area (Å²) in [4.78, 5) is 6.67. The van der Waals surface area contributed by atoms with Gasteiger partial charge >= 0.3 is 0 Å². The Kier molecular flexibility index (Phi) is 7.24. The number of methoxy groups -OCH3 is 2. The van der Waals surface area contributed by atoms with E-state index in [0.29, 0.717) is 12.5 Å². The molecule has 2 aromatic rings. The number of nitrogens with zero attached hydrogens (tertiary/aromatic N) is 2. The van der Waals surface area contributed by atoms with E-state index in [1.165, 1.54) is 12.1 Å². The Bertz CT molecular complexity index is 1000. The van der Waals surface area contributed by atoms with Crippen molar-refractivity contribution in [2.75, 3.05) is 39.3 Å². The Morgan fingerprint density at radius 2 is 1.81 bits per heavy atom. The number of anilines is 1. The van der Waals surface area contributed by atoms with Crippen LogP contribution in [-0.2, 0) is 16.6 Å². The molecular formula is C21H29N5O4S. The molecule has 1 aliphatic heterocycles. The first-order valence-corrected chi connectivity index (χ1v) is 11.4. The minimum atomic E-state index is -3.69. The highest BCUT2D eigenvalue weighted by molar-refractivity contribution is 7.89. The van der Waals surface area contributed by atoms with Crippen LogP contribution in [0.5, 0.6) is 11.5 Å². The maximum absolute atomic E-state index is 11.4. The van der Waals surface area contributed by atoms with Crippen LogP contribution in [0.3, 0.4) is 0 Å². The topological polar surface area (TPSA) is 118 Å². The number of sulfonamides is 1. The standard InChI is InChI=1S/C21H29N5O4S/c1-23-21(24-13-15-4-6-20(7-5-15)31(22,27)28)25-16-8-9-26(14-16)17-10-18(29-2)12-19(11-17)30-3/h4-7,10-12,16H,8-9,13-14H2,1-3H3,(H2,22,27,28)(H2,23,24,25). The maximum atomic E-state index is 11.4. The lowest BCUT2D eigenvalue weighted by atomic mass is 10.2. The summed E-state index contributed by atoms with van der Waals surface area (Å²) in [6.07, 6.45) is 0.962. The van der Waals surface area contributed by atoms with Gasteiger partial charge in [0.15, 0.2) is 5.96 Å². The van der Waals surface area contributed by atoms with Gasteiger partial charge in [0.1, 0.15) is 11.5 Å². The second kappa shape index (κ2) is 9.88. The molecule has 0 spiro atoms. The third-order valence-corrected chi connectivity index (χ3v) is 6.10. The number of benzene rings is 2. The van der Waals surface area contributed by atoms with Crippen molar-refractivity contribution in [1.29, 1.82) is 0 Å².